The van der Waals surface area contributed by atoms with E-state index in [4.69, 9.17) is 0 Å². The second-order valence-electron chi connectivity index (χ2n) is 5.95. The average Bonchev–Trinajstić information content (AvgIpc) is 3.13. The van der Waals surface area contributed by atoms with Crippen LogP contribution < -0.4 is 0 Å². The fraction of sp³-hybridized carbons (Fsp3) is 0.222. The average molecular weight is 399 g/mol. The molecule has 0 N–H and O–H groups in total. The first kappa shape index (κ1) is 16.0. The van der Waals surface area contributed by atoms with Crippen molar-refractivity contribution in [2.24, 2.45) is 0 Å². The molecule has 2 heterocycles. The van der Waals surface area contributed by atoms with Gasteiger partial charge >= 0.3 is 0 Å². The number of imide groups is 1. The summed E-state index contributed by atoms with van der Waals surface area (Å²) in [5, 5.41) is 5.68. The standard InChI is InChI=1S/C18H15BrN4O2/c19-15-7-6-14-16-12(15)4-3-5-13(16)17(24)23(18(14)25)9-2-1-8-22-11-20-10-21-22/h3-7,10-11H,1-2,8-9H2. The van der Waals surface area contributed by atoms with Crippen LogP contribution in [0.25, 0.3) is 10.8 Å². The molecule has 6 nitrogen and oxygen atoms in total. The number of carbonyl (C=O) groups is 2. The van der Waals surface area contributed by atoms with Crippen LogP contribution in [0, 0.1) is 0 Å². The molecule has 0 atom stereocenters. The minimum atomic E-state index is -0.220. The zero-order chi connectivity index (χ0) is 17.4. The molecule has 0 fully saturated rings. The summed E-state index contributed by atoms with van der Waals surface area (Å²) in [7, 11) is 0. The molecule has 0 bridgehead atoms. The zero-order valence-corrected chi connectivity index (χ0v) is 14.9. The van der Waals surface area contributed by atoms with Crippen molar-refractivity contribution in [3.8, 4) is 0 Å². The lowest BCUT2D eigenvalue weighted by atomic mass is 9.94. The molecular weight excluding hydrogens is 384 g/mol. The number of hydrogen-bond donors (Lipinski definition) is 0. The maximum absolute atomic E-state index is 12.8. The normalized spacial score (nSPS) is 13.7. The van der Waals surface area contributed by atoms with Gasteiger partial charge in [0.05, 0.1) is 0 Å². The molecule has 126 valence electrons. The van der Waals surface area contributed by atoms with Gasteiger partial charge in [-0.3, -0.25) is 19.2 Å². The molecule has 0 unspecified atom stereocenters. The number of benzene rings is 2. The molecular formula is C18H15BrN4O2. The van der Waals surface area contributed by atoms with Gasteiger partial charge in [0.25, 0.3) is 11.8 Å². The summed E-state index contributed by atoms with van der Waals surface area (Å²) in [6.45, 7) is 1.12. The van der Waals surface area contributed by atoms with Crippen molar-refractivity contribution >= 4 is 38.5 Å². The summed E-state index contributed by atoms with van der Waals surface area (Å²) in [4.78, 5) is 30.9. The molecule has 0 radical (unpaired) electrons. The highest BCUT2D eigenvalue weighted by atomic mass is 79.9. The van der Waals surface area contributed by atoms with Gasteiger partial charge in [-0.25, -0.2) is 4.98 Å². The Bertz CT molecular complexity index is 946. The van der Waals surface area contributed by atoms with Crippen molar-refractivity contribution in [1.82, 2.24) is 19.7 Å². The summed E-state index contributed by atoms with van der Waals surface area (Å²) in [5.41, 5.74) is 1.18. The molecule has 0 spiro atoms. The van der Waals surface area contributed by atoms with Crippen molar-refractivity contribution in [3.63, 3.8) is 0 Å². The number of amides is 2. The Morgan fingerprint density at radius 1 is 0.960 bits per heavy atom. The molecule has 0 aliphatic carbocycles. The van der Waals surface area contributed by atoms with Gasteiger partial charge in [0, 0.05) is 34.1 Å². The van der Waals surface area contributed by atoms with E-state index in [0.29, 0.717) is 17.7 Å². The molecule has 0 saturated heterocycles. The van der Waals surface area contributed by atoms with Gasteiger partial charge in [-0.2, -0.15) is 5.10 Å². The Labute approximate surface area is 152 Å². The summed E-state index contributed by atoms with van der Waals surface area (Å²) >= 11 is 3.49. The topological polar surface area (TPSA) is 68.1 Å². The number of unbranched alkanes of at least 4 members (excludes halogenated alkanes) is 1. The Kier molecular flexibility index (Phi) is 4.09. The Hall–Kier alpha value is -2.54. The molecule has 3 aromatic rings. The maximum atomic E-state index is 12.8. The van der Waals surface area contributed by atoms with E-state index in [-0.39, 0.29) is 11.8 Å². The Balaban J connectivity index is 1.56. The lowest BCUT2D eigenvalue weighted by Crippen LogP contribution is -2.40. The van der Waals surface area contributed by atoms with E-state index in [1.807, 2.05) is 18.2 Å². The van der Waals surface area contributed by atoms with Crippen LogP contribution >= 0.6 is 15.9 Å². The third-order valence-corrected chi connectivity index (χ3v) is 5.12. The van der Waals surface area contributed by atoms with E-state index >= 15 is 0 Å². The molecule has 4 rings (SSSR count). The van der Waals surface area contributed by atoms with Crippen molar-refractivity contribution in [2.45, 2.75) is 19.4 Å². The number of halogens is 1. The maximum Gasteiger partial charge on any atom is 0.261 e. The first-order valence-electron chi connectivity index (χ1n) is 8.06. The Morgan fingerprint density at radius 2 is 1.72 bits per heavy atom. The van der Waals surface area contributed by atoms with Gasteiger partial charge in [0.15, 0.2) is 0 Å². The van der Waals surface area contributed by atoms with Crippen LogP contribution in [0.15, 0.2) is 47.5 Å². The second kappa shape index (κ2) is 6.40. The van der Waals surface area contributed by atoms with Crippen molar-refractivity contribution < 1.29 is 9.59 Å². The molecule has 2 aromatic carbocycles. The van der Waals surface area contributed by atoms with Crippen LogP contribution in [0.5, 0.6) is 0 Å². The quantitative estimate of drug-likeness (QED) is 0.488. The smallest absolute Gasteiger partial charge is 0.261 e. The lowest BCUT2D eigenvalue weighted by Gasteiger charge is -2.27. The predicted molar refractivity (Wildman–Crippen MR) is 96.3 cm³/mol. The summed E-state index contributed by atoms with van der Waals surface area (Å²) in [6.07, 6.45) is 4.69. The number of rotatable bonds is 5. The van der Waals surface area contributed by atoms with Gasteiger partial charge in [-0.15, -0.1) is 0 Å². The van der Waals surface area contributed by atoms with Gasteiger partial charge < -0.3 is 0 Å². The molecule has 2 amide bonds. The summed E-state index contributed by atoms with van der Waals surface area (Å²) in [6, 6.07) is 9.20. The number of carbonyl (C=O) groups excluding carboxylic acids is 2. The van der Waals surface area contributed by atoms with Crippen LogP contribution in [-0.2, 0) is 6.54 Å². The SMILES string of the molecule is O=C1c2cccc3c(Br)ccc(c23)C(=O)N1CCCCn1cncn1. The number of nitrogens with zero attached hydrogens (tertiary/aromatic N) is 4. The molecule has 7 heteroatoms. The van der Waals surface area contributed by atoms with E-state index in [1.165, 1.54) is 11.2 Å². The van der Waals surface area contributed by atoms with Crippen LogP contribution in [0.1, 0.15) is 33.6 Å². The van der Waals surface area contributed by atoms with Crippen LogP contribution in [0.3, 0.4) is 0 Å². The van der Waals surface area contributed by atoms with Gasteiger partial charge in [-0.1, -0.05) is 28.1 Å². The molecule has 1 aromatic heterocycles. The highest BCUT2D eigenvalue weighted by Crippen LogP contribution is 2.34. The van der Waals surface area contributed by atoms with E-state index in [0.717, 1.165) is 34.6 Å². The van der Waals surface area contributed by atoms with E-state index in [9.17, 15) is 9.59 Å². The Morgan fingerprint density at radius 3 is 2.48 bits per heavy atom. The van der Waals surface area contributed by atoms with Crippen molar-refractivity contribution in [2.75, 3.05) is 6.54 Å². The van der Waals surface area contributed by atoms with E-state index < -0.39 is 0 Å². The highest BCUT2D eigenvalue weighted by Gasteiger charge is 2.32. The largest absolute Gasteiger partial charge is 0.274 e. The first-order chi connectivity index (χ1) is 12.2. The molecule has 1 aliphatic rings. The van der Waals surface area contributed by atoms with Crippen molar-refractivity contribution in [1.29, 1.82) is 0 Å². The van der Waals surface area contributed by atoms with Crippen LogP contribution in [-0.4, -0.2) is 38.0 Å². The van der Waals surface area contributed by atoms with Gasteiger partial charge in [-0.05, 0) is 36.4 Å². The third-order valence-electron chi connectivity index (χ3n) is 4.42. The number of aromatic nitrogens is 3. The number of aryl methyl sites for hydroxylation is 1. The fourth-order valence-corrected chi connectivity index (χ4v) is 3.67. The number of hydrogen-bond acceptors (Lipinski definition) is 4. The molecule has 0 saturated carbocycles. The van der Waals surface area contributed by atoms with Crippen LogP contribution in [0.4, 0.5) is 0 Å². The minimum Gasteiger partial charge on any atom is -0.274 e. The molecule has 25 heavy (non-hydrogen) atoms. The highest BCUT2D eigenvalue weighted by molar-refractivity contribution is 9.10. The fourth-order valence-electron chi connectivity index (χ4n) is 3.21. The van der Waals surface area contributed by atoms with Gasteiger partial charge in [0.2, 0.25) is 0 Å². The third kappa shape index (κ3) is 2.74. The second-order valence-corrected chi connectivity index (χ2v) is 6.81. The van der Waals surface area contributed by atoms with Crippen molar-refractivity contribution in [3.05, 3.63) is 58.6 Å². The first-order valence-corrected chi connectivity index (χ1v) is 8.86. The summed E-state index contributed by atoms with van der Waals surface area (Å²) in [5.74, 6) is -0.441. The zero-order valence-electron chi connectivity index (χ0n) is 13.4. The van der Waals surface area contributed by atoms with E-state index in [2.05, 4.69) is 26.0 Å². The van der Waals surface area contributed by atoms with E-state index in [1.54, 1.807) is 23.1 Å². The molecule has 1 aliphatic heterocycles. The lowest BCUT2D eigenvalue weighted by molar-refractivity contribution is 0.0607. The van der Waals surface area contributed by atoms with Gasteiger partial charge in [0.1, 0.15) is 12.7 Å². The monoisotopic (exact) mass is 398 g/mol. The minimum absolute atomic E-state index is 0.220. The summed E-state index contributed by atoms with van der Waals surface area (Å²) < 4.78 is 2.63. The van der Waals surface area contributed by atoms with Crippen LogP contribution in [0.2, 0.25) is 0 Å². The predicted octanol–water partition coefficient (Wildman–Crippen LogP) is 3.27.